The van der Waals surface area contributed by atoms with Crippen LogP contribution in [-0.2, 0) is 0 Å². The second-order valence-corrected chi connectivity index (χ2v) is 6.86. The molecule has 1 heterocycles. The van der Waals surface area contributed by atoms with Crippen LogP contribution in [0.5, 0.6) is 5.75 Å². The topological polar surface area (TPSA) is 63.2 Å². The molecule has 2 aromatic rings. The van der Waals surface area contributed by atoms with Crippen molar-refractivity contribution in [2.45, 2.75) is 6.92 Å². The Balaban J connectivity index is 1.99. The summed E-state index contributed by atoms with van der Waals surface area (Å²) in [5.74, 6) is 0.952. The molecule has 0 aliphatic heterocycles. The van der Waals surface area contributed by atoms with Gasteiger partial charge in [0, 0.05) is 15.3 Å². The average molecular weight is 506 g/mol. The number of carbonyl (C=O) groups is 1. The van der Waals surface area contributed by atoms with Crippen LogP contribution in [0.3, 0.4) is 0 Å². The van der Waals surface area contributed by atoms with Gasteiger partial charge in [0.2, 0.25) is 0 Å². The van der Waals surface area contributed by atoms with E-state index < -0.39 is 0 Å². The van der Waals surface area contributed by atoms with Crippen LogP contribution in [0.15, 0.2) is 41.0 Å². The van der Waals surface area contributed by atoms with E-state index in [1.807, 2.05) is 13.0 Å². The second-order valence-electron chi connectivity index (χ2n) is 4.35. The number of rotatable bonds is 4. The number of aromatic nitrogens is 1. The summed E-state index contributed by atoms with van der Waals surface area (Å²) in [6, 6.07) is 8.78. The molecule has 8 heteroatoms. The van der Waals surface area contributed by atoms with Crippen molar-refractivity contribution in [3.05, 3.63) is 50.1 Å². The van der Waals surface area contributed by atoms with Crippen molar-refractivity contribution < 1.29 is 9.53 Å². The van der Waals surface area contributed by atoms with E-state index in [0.29, 0.717) is 28.2 Å². The van der Waals surface area contributed by atoms with Gasteiger partial charge in [-0.25, -0.2) is 4.98 Å². The minimum absolute atomic E-state index is 0.189. The summed E-state index contributed by atoms with van der Waals surface area (Å²) in [5.41, 5.74) is 0.472. The predicted octanol–water partition coefficient (Wildman–Crippen LogP) is 3.97. The Morgan fingerprint density at radius 1 is 1.39 bits per heavy atom. The lowest BCUT2D eigenvalue weighted by molar-refractivity contribution is 0.0977. The van der Waals surface area contributed by atoms with E-state index in [1.165, 1.54) is 0 Å². The number of ether oxygens (including phenoxy) is 1. The summed E-state index contributed by atoms with van der Waals surface area (Å²) in [7, 11) is 0. The van der Waals surface area contributed by atoms with Crippen molar-refractivity contribution >= 4 is 67.6 Å². The van der Waals surface area contributed by atoms with Crippen LogP contribution in [0.4, 0.5) is 5.82 Å². The number of nitrogens with one attached hydrogen (secondary N) is 2. The first-order valence-corrected chi connectivity index (χ1v) is 8.94. The largest absolute Gasteiger partial charge is 0.493 e. The first-order chi connectivity index (χ1) is 11.0. The molecule has 0 fully saturated rings. The highest BCUT2D eigenvalue weighted by Crippen LogP contribution is 2.25. The third kappa shape index (κ3) is 5.40. The molecule has 0 aliphatic carbocycles. The number of anilines is 1. The molecule has 2 N–H and O–H groups in total. The van der Waals surface area contributed by atoms with Crippen LogP contribution in [0, 0.1) is 3.57 Å². The number of benzene rings is 1. The van der Waals surface area contributed by atoms with Gasteiger partial charge in [-0.1, -0.05) is 0 Å². The lowest BCUT2D eigenvalue weighted by Crippen LogP contribution is -2.34. The van der Waals surface area contributed by atoms with Crippen LogP contribution >= 0.6 is 50.7 Å². The van der Waals surface area contributed by atoms with Crippen LogP contribution in [0.25, 0.3) is 0 Å². The van der Waals surface area contributed by atoms with E-state index in [0.717, 1.165) is 3.57 Å². The molecule has 0 atom stereocenters. The maximum atomic E-state index is 12.2. The lowest BCUT2D eigenvalue weighted by Gasteiger charge is -2.10. The lowest BCUT2D eigenvalue weighted by atomic mass is 10.2. The number of pyridine rings is 1. The van der Waals surface area contributed by atoms with E-state index >= 15 is 0 Å². The summed E-state index contributed by atoms with van der Waals surface area (Å²) >= 11 is 10.7. The SMILES string of the molecule is CCOc1ccc(C(=O)NC(=S)Nc2ccc(I)cn2)cc1Br. The highest BCUT2D eigenvalue weighted by molar-refractivity contribution is 14.1. The molecule has 1 aromatic heterocycles. The quantitative estimate of drug-likeness (QED) is 0.486. The number of carbonyl (C=O) groups excluding carboxylic acids is 1. The van der Waals surface area contributed by atoms with Gasteiger partial charge in [-0.3, -0.25) is 10.1 Å². The summed E-state index contributed by atoms with van der Waals surface area (Å²) in [4.78, 5) is 16.4. The highest BCUT2D eigenvalue weighted by Gasteiger charge is 2.11. The monoisotopic (exact) mass is 505 g/mol. The normalized spacial score (nSPS) is 10.0. The summed E-state index contributed by atoms with van der Waals surface area (Å²) < 4.78 is 7.14. The van der Waals surface area contributed by atoms with Gasteiger partial charge in [0.25, 0.3) is 5.91 Å². The molecule has 1 amide bonds. The molecule has 0 saturated carbocycles. The predicted molar refractivity (Wildman–Crippen MR) is 106 cm³/mol. The van der Waals surface area contributed by atoms with Gasteiger partial charge >= 0.3 is 0 Å². The first kappa shape index (κ1) is 18.1. The molecule has 0 unspecified atom stereocenters. The smallest absolute Gasteiger partial charge is 0.257 e. The third-order valence-electron chi connectivity index (χ3n) is 2.69. The summed E-state index contributed by atoms with van der Waals surface area (Å²) in [6.07, 6.45) is 1.71. The fraction of sp³-hybridized carbons (Fsp3) is 0.133. The molecule has 0 bridgehead atoms. The number of hydrogen-bond donors (Lipinski definition) is 2. The van der Waals surface area contributed by atoms with Gasteiger partial charge in [0.15, 0.2) is 5.11 Å². The van der Waals surface area contributed by atoms with Crippen LogP contribution in [-0.4, -0.2) is 22.6 Å². The maximum Gasteiger partial charge on any atom is 0.257 e. The van der Waals surface area contributed by atoms with Gasteiger partial charge in [-0.2, -0.15) is 0 Å². The van der Waals surface area contributed by atoms with E-state index in [9.17, 15) is 4.79 Å². The number of amides is 1. The van der Waals surface area contributed by atoms with E-state index in [1.54, 1.807) is 30.5 Å². The Morgan fingerprint density at radius 3 is 2.78 bits per heavy atom. The standard InChI is InChI=1S/C15H13BrIN3O2S/c1-2-22-12-5-3-9(7-11(12)16)14(21)20-15(23)19-13-6-4-10(17)8-18-13/h3-8H,2H2,1H3,(H2,18,19,20,21,23). The molecule has 0 radical (unpaired) electrons. The molecule has 5 nitrogen and oxygen atoms in total. The van der Waals surface area contributed by atoms with Crippen LogP contribution in [0.1, 0.15) is 17.3 Å². The number of thiocarbonyl (C=S) groups is 1. The van der Waals surface area contributed by atoms with Gasteiger partial charge in [-0.05, 0) is 88.0 Å². The molecule has 23 heavy (non-hydrogen) atoms. The molecule has 0 spiro atoms. The fourth-order valence-electron chi connectivity index (χ4n) is 1.69. The molecule has 2 rings (SSSR count). The first-order valence-electron chi connectivity index (χ1n) is 6.66. The maximum absolute atomic E-state index is 12.2. The molecular weight excluding hydrogens is 493 g/mol. The zero-order chi connectivity index (χ0) is 16.8. The fourth-order valence-corrected chi connectivity index (χ4v) is 2.70. The average Bonchev–Trinajstić information content (AvgIpc) is 2.51. The van der Waals surface area contributed by atoms with E-state index in [2.05, 4.69) is 54.1 Å². The minimum Gasteiger partial charge on any atom is -0.493 e. The zero-order valence-corrected chi connectivity index (χ0v) is 16.7. The Bertz CT molecular complexity index is 725. The van der Waals surface area contributed by atoms with E-state index in [4.69, 9.17) is 17.0 Å². The van der Waals surface area contributed by atoms with Gasteiger partial charge in [0.1, 0.15) is 11.6 Å². The van der Waals surface area contributed by atoms with Gasteiger partial charge in [0.05, 0.1) is 11.1 Å². The second kappa shape index (κ2) is 8.55. The van der Waals surface area contributed by atoms with E-state index in [-0.39, 0.29) is 11.0 Å². The van der Waals surface area contributed by atoms with Crippen LogP contribution < -0.4 is 15.4 Å². The third-order valence-corrected chi connectivity index (χ3v) is 4.15. The molecular formula is C15H13BrIN3O2S. The van der Waals surface area contributed by atoms with Gasteiger partial charge in [-0.15, -0.1) is 0 Å². The Hall–Kier alpha value is -1.26. The number of hydrogen-bond acceptors (Lipinski definition) is 4. The number of nitrogens with zero attached hydrogens (tertiary/aromatic N) is 1. The summed E-state index contributed by atoms with van der Waals surface area (Å²) in [6.45, 7) is 2.46. The van der Waals surface area contributed by atoms with Crippen LogP contribution in [0.2, 0.25) is 0 Å². The van der Waals surface area contributed by atoms with Crippen molar-refractivity contribution in [2.75, 3.05) is 11.9 Å². The molecule has 1 aromatic carbocycles. The Morgan fingerprint density at radius 2 is 2.17 bits per heavy atom. The molecule has 0 aliphatic rings. The summed E-state index contributed by atoms with van der Waals surface area (Å²) in [5, 5.41) is 5.67. The zero-order valence-electron chi connectivity index (χ0n) is 12.1. The minimum atomic E-state index is -0.309. The molecule has 0 saturated heterocycles. The van der Waals surface area contributed by atoms with Crippen molar-refractivity contribution in [2.24, 2.45) is 0 Å². The Labute approximate surface area is 161 Å². The Kier molecular flexibility index (Phi) is 6.72. The van der Waals surface area contributed by atoms with Crippen molar-refractivity contribution in [1.82, 2.24) is 10.3 Å². The van der Waals surface area contributed by atoms with Crippen molar-refractivity contribution in [3.63, 3.8) is 0 Å². The number of halogens is 2. The highest BCUT2D eigenvalue weighted by atomic mass is 127. The van der Waals surface area contributed by atoms with Crippen molar-refractivity contribution in [3.8, 4) is 5.75 Å². The van der Waals surface area contributed by atoms with Gasteiger partial charge < -0.3 is 10.1 Å². The van der Waals surface area contributed by atoms with Crippen molar-refractivity contribution in [1.29, 1.82) is 0 Å². The molecule has 120 valence electrons.